The third-order valence-corrected chi connectivity index (χ3v) is 12.2. The number of quaternary nitrogens is 1. The molecule has 2 atom stereocenters. The quantitative estimate of drug-likeness (QED) is 0.0195. The lowest BCUT2D eigenvalue weighted by molar-refractivity contribution is -0.870. The number of nitrogens with zero attached hydrogens (tertiary/aromatic N) is 1. The number of likely N-dealkylation sites (N-methyl/N-ethyl adjacent to an activating group) is 1. The molecule has 0 heterocycles. The van der Waals surface area contributed by atoms with Crippen molar-refractivity contribution >= 4 is 19.8 Å². The van der Waals surface area contributed by atoms with E-state index in [4.69, 9.17) is 18.5 Å². The molecule has 0 aromatic rings. The zero-order valence-corrected chi connectivity index (χ0v) is 41.1. The zero-order chi connectivity index (χ0) is 44.3. The summed E-state index contributed by atoms with van der Waals surface area (Å²) < 4.78 is 34.0. The van der Waals surface area contributed by atoms with Crippen molar-refractivity contribution in [1.29, 1.82) is 0 Å². The summed E-state index contributed by atoms with van der Waals surface area (Å²) >= 11 is 0. The smallest absolute Gasteiger partial charge is 0.306 e. The van der Waals surface area contributed by atoms with Crippen molar-refractivity contribution in [3.8, 4) is 0 Å². The van der Waals surface area contributed by atoms with Gasteiger partial charge in [0.05, 0.1) is 27.7 Å². The minimum atomic E-state index is -4.63. The highest BCUT2D eigenvalue weighted by Gasteiger charge is 2.21. The molecule has 0 radical (unpaired) electrons. The fourth-order valence-corrected chi connectivity index (χ4v) is 8.03. The lowest BCUT2D eigenvalue weighted by Gasteiger charge is -2.28. The molecule has 0 aliphatic heterocycles. The molecule has 10 heteroatoms. The summed E-state index contributed by atoms with van der Waals surface area (Å²) in [5.41, 5.74) is 0. The second kappa shape index (κ2) is 43.0. The maximum atomic E-state index is 12.7. The Morgan fingerprint density at radius 2 is 0.850 bits per heavy atom. The molecule has 0 bridgehead atoms. The van der Waals surface area contributed by atoms with E-state index in [1.165, 1.54) is 167 Å². The maximum absolute atomic E-state index is 12.7. The molecule has 60 heavy (non-hydrogen) atoms. The van der Waals surface area contributed by atoms with E-state index < -0.39 is 32.5 Å². The Labute approximate surface area is 371 Å². The molecule has 0 fully saturated rings. The monoisotopic (exact) mass is 872 g/mol. The van der Waals surface area contributed by atoms with Gasteiger partial charge >= 0.3 is 11.9 Å². The molecule has 356 valence electrons. The van der Waals surface area contributed by atoms with Crippen molar-refractivity contribution < 1.29 is 42.1 Å². The predicted octanol–water partition coefficient (Wildman–Crippen LogP) is 14.3. The summed E-state index contributed by atoms with van der Waals surface area (Å²) in [6.07, 6.45) is 46.7. The summed E-state index contributed by atoms with van der Waals surface area (Å²) in [5.74, 6) is -0.838. The van der Waals surface area contributed by atoms with Crippen LogP contribution in [0.5, 0.6) is 0 Å². The standard InChI is InChI=1S/C50H98NO8P/c1-6-8-10-12-14-16-18-20-22-23-24-25-26-27-29-31-33-35-37-39-41-43-50(53)59-48(47-58-60(54,55)57-45-44-51(3,4)5)46-56-49(52)42-40-38-36-34-32-30-28-21-19-17-15-13-11-9-7-2/h30,32,48H,6-29,31,33-47H2,1-5H3/b32-30+/t48-/m1/s1. The Morgan fingerprint density at radius 1 is 0.500 bits per heavy atom. The van der Waals surface area contributed by atoms with Crippen LogP contribution in [0.2, 0.25) is 0 Å². The van der Waals surface area contributed by atoms with Gasteiger partial charge < -0.3 is 27.9 Å². The van der Waals surface area contributed by atoms with Crippen LogP contribution < -0.4 is 4.89 Å². The third kappa shape index (κ3) is 46.3. The Hall–Kier alpha value is -1.25. The molecule has 0 aliphatic carbocycles. The molecule has 0 aliphatic rings. The van der Waals surface area contributed by atoms with Crippen molar-refractivity contribution in [2.24, 2.45) is 0 Å². The van der Waals surface area contributed by atoms with Crippen LogP contribution in [0.25, 0.3) is 0 Å². The van der Waals surface area contributed by atoms with E-state index in [0.717, 1.165) is 38.5 Å². The first-order valence-corrected chi connectivity index (χ1v) is 26.9. The van der Waals surface area contributed by atoms with Gasteiger partial charge in [-0.15, -0.1) is 0 Å². The molecule has 0 N–H and O–H groups in total. The number of carbonyl (C=O) groups is 2. The molecule has 0 rings (SSSR count). The van der Waals surface area contributed by atoms with E-state index >= 15 is 0 Å². The van der Waals surface area contributed by atoms with Crippen molar-refractivity contribution in [3.05, 3.63) is 12.2 Å². The topological polar surface area (TPSA) is 111 Å². The molecule has 0 spiro atoms. The summed E-state index contributed by atoms with van der Waals surface area (Å²) in [5, 5.41) is 0. The van der Waals surface area contributed by atoms with Crippen LogP contribution >= 0.6 is 7.82 Å². The molecule has 0 aromatic carbocycles. The molecular formula is C50H98NO8P. The second-order valence-electron chi connectivity index (χ2n) is 18.5. The van der Waals surface area contributed by atoms with Crippen LogP contribution in [-0.2, 0) is 32.7 Å². The van der Waals surface area contributed by atoms with Crippen molar-refractivity contribution in [1.82, 2.24) is 0 Å². The first-order chi connectivity index (χ1) is 29.0. The fraction of sp³-hybridized carbons (Fsp3) is 0.920. The van der Waals surface area contributed by atoms with Crippen LogP contribution in [0.1, 0.15) is 245 Å². The Bertz CT molecular complexity index is 1030. The molecule has 0 saturated carbocycles. The highest BCUT2D eigenvalue weighted by Crippen LogP contribution is 2.38. The lowest BCUT2D eigenvalue weighted by Crippen LogP contribution is -2.37. The normalized spacial score (nSPS) is 13.5. The molecule has 0 amide bonds. The van der Waals surface area contributed by atoms with E-state index in [1.54, 1.807) is 0 Å². The SMILES string of the molecule is CCCCCCCCCC/C=C/CCCCCC(=O)OC[C@H](COP(=O)([O-])OCC[N+](C)(C)C)OC(=O)CCCCCCCCCCCCCCCCCCCCCCC. The van der Waals surface area contributed by atoms with Crippen LogP contribution in [0.3, 0.4) is 0 Å². The second-order valence-corrected chi connectivity index (χ2v) is 20.0. The average Bonchev–Trinajstić information content (AvgIpc) is 3.20. The number of hydrogen-bond donors (Lipinski definition) is 0. The Balaban J connectivity index is 4.22. The predicted molar refractivity (Wildman–Crippen MR) is 250 cm³/mol. The Kier molecular flexibility index (Phi) is 42.1. The van der Waals surface area contributed by atoms with E-state index in [-0.39, 0.29) is 26.1 Å². The van der Waals surface area contributed by atoms with Crippen molar-refractivity contribution in [2.75, 3.05) is 47.5 Å². The minimum Gasteiger partial charge on any atom is -0.756 e. The highest BCUT2D eigenvalue weighted by atomic mass is 31.2. The van der Waals surface area contributed by atoms with Crippen molar-refractivity contribution in [2.45, 2.75) is 251 Å². The van der Waals surface area contributed by atoms with Gasteiger partial charge in [0.2, 0.25) is 0 Å². The number of rotatable bonds is 47. The number of ether oxygens (including phenoxy) is 2. The summed E-state index contributed by atoms with van der Waals surface area (Å²) in [6, 6.07) is 0. The third-order valence-electron chi connectivity index (χ3n) is 11.3. The molecular weight excluding hydrogens is 774 g/mol. The van der Waals surface area contributed by atoms with Crippen LogP contribution in [0.15, 0.2) is 12.2 Å². The summed E-state index contributed by atoms with van der Waals surface area (Å²) in [6.45, 7) is 4.26. The van der Waals surface area contributed by atoms with Gasteiger partial charge in [-0.2, -0.15) is 0 Å². The number of esters is 2. The molecule has 9 nitrogen and oxygen atoms in total. The number of phosphoric ester groups is 1. The Morgan fingerprint density at radius 3 is 1.25 bits per heavy atom. The lowest BCUT2D eigenvalue weighted by atomic mass is 10.0. The molecule has 1 unspecified atom stereocenters. The summed E-state index contributed by atoms with van der Waals surface area (Å²) in [4.78, 5) is 37.7. The van der Waals surface area contributed by atoms with E-state index in [0.29, 0.717) is 23.9 Å². The van der Waals surface area contributed by atoms with Gasteiger partial charge in [-0.25, -0.2) is 0 Å². The van der Waals surface area contributed by atoms with E-state index in [2.05, 4.69) is 26.0 Å². The number of phosphoric acid groups is 1. The van der Waals surface area contributed by atoms with E-state index in [1.807, 2.05) is 21.1 Å². The van der Waals surface area contributed by atoms with Gasteiger partial charge in [0.25, 0.3) is 7.82 Å². The number of unbranched alkanes of at least 4 members (excludes halogenated alkanes) is 31. The summed E-state index contributed by atoms with van der Waals surface area (Å²) in [7, 11) is 1.17. The largest absolute Gasteiger partial charge is 0.756 e. The van der Waals surface area contributed by atoms with Gasteiger partial charge in [-0.1, -0.05) is 206 Å². The van der Waals surface area contributed by atoms with Gasteiger partial charge in [0.15, 0.2) is 6.10 Å². The highest BCUT2D eigenvalue weighted by molar-refractivity contribution is 7.45. The van der Waals surface area contributed by atoms with Crippen molar-refractivity contribution in [3.63, 3.8) is 0 Å². The van der Waals surface area contributed by atoms with Gasteiger partial charge in [-0.3, -0.25) is 14.2 Å². The average molecular weight is 872 g/mol. The molecule has 0 saturated heterocycles. The van der Waals surface area contributed by atoms with Gasteiger partial charge in [0.1, 0.15) is 19.8 Å². The van der Waals surface area contributed by atoms with E-state index in [9.17, 15) is 19.0 Å². The van der Waals surface area contributed by atoms with Gasteiger partial charge in [-0.05, 0) is 38.5 Å². The van der Waals surface area contributed by atoms with Crippen LogP contribution in [-0.4, -0.2) is 70.0 Å². The van der Waals surface area contributed by atoms with Gasteiger partial charge in [0, 0.05) is 12.8 Å². The first kappa shape index (κ1) is 58.8. The number of carbonyl (C=O) groups excluding carboxylic acids is 2. The first-order valence-electron chi connectivity index (χ1n) is 25.4. The fourth-order valence-electron chi connectivity index (χ4n) is 7.30. The minimum absolute atomic E-state index is 0.0295. The maximum Gasteiger partial charge on any atom is 0.306 e. The number of allylic oxidation sites excluding steroid dienone is 2. The zero-order valence-electron chi connectivity index (χ0n) is 40.2. The van der Waals surface area contributed by atoms with Crippen LogP contribution in [0, 0.1) is 0 Å². The number of hydrogen-bond acceptors (Lipinski definition) is 8. The van der Waals surface area contributed by atoms with Crippen LogP contribution in [0.4, 0.5) is 0 Å². The molecule has 0 aromatic heterocycles.